The Bertz CT molecular complexity index is 696. The maximum Gasteiger partial charge on any atom is 0.221 e. The number of alkyl halides is 1. The number of rotatable bonds is 11. The van der Waals surface area contributed by atoms with Crippen molar-refractivity contribution in [3.8, 4) is 0 Å². The van der Waals surface area contributed by atoms with Crippen LogP contribution in [0.3, 0.4) is 0 Å². The fourth-order valence-electron chi connectivity index (χ4n) is 2.19. The Labute approximate surface area is 156 Å². The average Bonchev–Trinajstić information content (AvgIpc) is 3.02. The first kappa shape index (κ1) is 19.7. The summed E-state index contributed by atoms with van der Waals surface area (Å²) in [5.74, 6) is 0.994. The number of fused-ring (bicyclic) bond motifs is 1. The third-order valence-corrected chi connectivity index (χ3v) is 4.11. The first-order chi connectivity index (χ1) is 12.2. The van der Waals surface area contributed by atoms with Crippen molar-refractivity contribution < 1.29 is 9.53 Å². The van der Waals surface area contributed by atoms with Crippen LogP contribution in [0.4, 0.5) is 5.82 Å². The van der Waals surface area contributed by atoms with Crippen LogP contribution in [0.2, 0.25) is 0 Å². The number of hydrogen-bond acceptors (Lipinski definition) is 7. The van der Waals surface area contributed by atoms with Gasteiger partial charge in [0.1, 0.15) is 5.82 Å². The highest BCUT2D eigenvalue weighted by molar-refractivity contribution is 7.98. The zero-order valence-electron chi connectivity index (χ0n) is 14.4. The smallest absolute Gasteiger partial charge is 0.221 e. The van der Waals surface area contributed by atoms with Crippen LogP contribution in [-0.4, -0.2) is 64.1 Å². The van der Waals surface area contributed by atoms with Crippen molar-refractivity contribution in [2.45, 2.75) is 25.0 Å². The highest BCUT2D eigenvalue weighted by Crippen LogP contribution is 2.23. The molecule has 0 radical (unpaired) electrons. The maximum absolute atomic E-state index is 11.5. The van der Waals surface area contributed by atoms with Gasteiger partial charge in [-0.05, 0) is 13.2 Å². The van der Waals surface area contributed by atoms with Crippen LogP contribution in [0, 0.1) is 0 Å². The summed E-state index contributed by atoms with van der Waals surface area (Å²) in [5, 5.41) is 12.0. The van der Waals surface area contributed by atoms with Gasteiger partial charge in [-0.2, -0.15) is 5.10 Å². The number of nitrogens with zero attached hydrogens (tertiary/aromatic N) is 4. The van der Waals surface area contributed by atoms with Crippen molar-refractivity contribution in [1.82, 2.24) is 25.1 Å². The minimum Gasteiger partial charge on any atom is -0.380 e. The molecule has 0 bridgehead atoms. The molecule has 138 valence electrons. The second-order valence-corrected chi connectivity index (χ2v) is 6.23. The molecule has 0 unspecified atom stereocenters. The van der Waals surface area contributed by atoms with Crippen LogP contribution in [0.5, 0.6) is 0 Å². The van der Waals surface area contributed by atoms with Crippen LogP contribution in [0.25, 0.3) is 11.0 Å². The van der Waals surface area contributed by atoms with Gasteiger partial charge in [-0.25, -0.2) is 14.6 Å². The number of amides is 1. The normalized spacial score (nSPS) is 11.0. The summed E-state index contributed by atoms with van der Waals surface area (Å²) in [7, 11) is 0. The van der Waals surface area contributed by atoms with E-state index in [1.54, 1.807) is 10.9 Å². The highest BCUT2D eigenvalue weighted by Gasteiger charge is 2.12. The molecule has 8 nitrogen and oxygen atoms in total. The van der Waals surface area contributed by atoms with Gasteiger partial charge < -0.3 is 15.4 Å². The van der Waals surface area contributed by atoms with E-state index >= 15 is 0 Å². The van der Waals surface area contributed by atoms with Crippen molar-refractivity contribution in [2.24, 2.45) is 0 Å². The summed E-state index contributed by atoms with van der Waals surface area (Å²) in [6.45, 7) is 4.92. The molecule has 0 aliphatic rings. The summed E-state index contributed by atoms with van der Waals surface area (Å²) >= 11 is 7.02. The predicted molar refractivity (Wildman–Crippen MR) is 100 cm³/mol. The SMILES string of the molecule is CCOCCNc1nc(SC)nc2c1cnn2CCNC(=O)CCCl. The van der Waals surface area contributed by atoms with E-state index in [2.05, 4.69) is 25.7 Å². The van der Waals surface area contributed by atoms with E-state index in [1.807, 2.05) is 13.2 Å². The Morgan fingerprint density at radius 2 is 2.24 bits per heavy atom. The first-order valence-electron chi connectivity index (χ1n) is 8.11. The minimum atomic E-state index is -0.0656. The average molecular weight is 387 g/mol. The summed E-state index contributed by atoms with van der Waals surface area (Å²) in [4.78, 5) is 20.5. The lowest BCUT2D eigenvalue weighted by Gasteiger charge is -2.09. The van der Waals surface area contributed by atoms with E-state index in [0.29, 0.717) is 50.3 Å². The molecule has 0 atom stereocenters. The van der Waals surface area contributed by atoms with Crippen LogP contribution in [0.1, 0.15) is 13.3 Å². The Kier molecular flexibility index (Phi) is 8.23. The molecule has 2 N–H and O–H groups in total. The van der Waals surface area contributed by atoms with Gasteiger partial charge in [0.05, 0.1) is 24.7 Å². The molecular formula is C15H23ClN6O2S. The lowest BCUT2D eigenvalue weighted by Crippen LogP contribution is -2.27. The van der Waals surface area contributed by atoms with Crippen LogP contribution in [-0.2, 0) is 16.1 Å². The number of aromatic nitrogens is 4. The van der Waals surface area contributed by atoms with Crippen molar-refractivity contribution >= 4 is 46.1 Å². The number of hydrogen-bond donors (Lipinski definition) is 2. The summed E-state index contributed by atoms with van der Waals surface area (Å²) in [6.07, 6.45) is 3.98. The van der Waals surface area contributed by atoms with Gasteiger partial charge in [-0.1, -0.05) is 11.8 Å². The second-order valence-electron chi connectivity index (χ2n) is 5.08. The Balaban J connectivity index is 2.10. The zero-order chi connectivity index (χ0) is 18.1. The number of carbonyl (C=O) groups excluding carboxylic acids is 1. The van der Waals surface area contributed by atoms with Gasteiger partial charge in [0, 0.05) is 32.0 Å². The monoisotopic (exact) mass is 386 g/mol. The number of halogens is 1. The van der Waals surface area contributed by atoms with Gasteiger partial charge in [0.15, 0.2) is 10.8 Å². The molecule has 0 aliphatic heterocycles. The van der Waals surface area contributed by atoms with Gasteiger partial charge in [-0.15, -0.1) is 11.6 Å². The van der Waals surface area contributed by atoms with Gasteiger partial charge in [0.2, 0.25) is 5.91 Å². The molecule has 0 saturated heterocycles. The number of anilines is 1. The zero-order valence-corrected chi connectivity index (χ0v) is 16.0. The molecule has 0 aromatic carbocycles. The Morgan fingerprint density at radius 3 is 2.96 bits per heavy atom. The Hall–Kier alpha value is -1.58. The predicted octanol–water partition coefficient (Wildman–Crippen LogP) is 1.74. The first-order valence-corrected chi connectivity index (χ1v) is 9.87. The van der Waals surface area contributed by atoms with Crippen molar-refractivity contribution in [3.05, 3.63) is 6.20 Å². The summed E-state index contributed by atoms with van der Waals surface area (Å²) in [6, 6.07) is 0. The molecule has 25 heavy (non-hydrogen) atoms. The van der Waals surface area contributed by atoms with E-state index in [0.717, 1.165) is 16.9 Å². The lowest BCUT2D eigenvalue weighted by atomic mass is 10.4. The van der Waals surface area contributed by atoms with E-state index in [9.17, 15) is 4.79 Å². The number of nitrogens with one attached hydrogen (secondary N) is 2. The molecule has 2 heterocycles. The molecule has 0 fully saturated rings. The van der Waals surface area contributed by atoms with Crippen molar-refractivity contribution in [1.29, 1.82) is 0 Å². The quantitative estimate of drug-likeness (QED) is 0.263. The fraction of sp³-hybridized carbons (Fsp3) is 0.600. The summed E-state index contributed by atoms with van der Waals surface area (Å²) < 4.78 is 7.11. The van der Waals surface area contributed by atoms with E-state index in [1.165, 1.54) is 11.8 Å². The van der Waals surface area contributed by atoms with Crippen LogP contribution in [0.15, 0.2) is 11.4 Å². The van der Waals surface area contributed by atoms with Crippen molar-refractivity contribution in [3.63, 3.8) is 0 Å². The molecule has 2 rings (SSSR count). The van der Waals surface area contributed by atoms with E-state index < -0.39 is 0 Å². The van der Waals surface area contributed by atoms with Crippen molar-refractivity contribution in [2.75, 3.05) is 43.8 Å². The van der Waals surface area contributed by atoms with Crippen LogP contribution >= 0.6 is 23.4 Å². The van der Waals surface area contributed by atoms with E-state index in [-0.39, 0.29) is 5.91 Å². The molecule has 2 aromatic rings. The lowest BCUT2D eigenvalue weighted by molar-refractivity contribution is -0.120. The largest absolute Gasteiger partial charge is 0.380 e. The molecule has 0 aliphatic carbocycles. The molecule has 2 aromatic heterocycles. The molecule has 0 saturated carbocycles. The topological polar surface area (TPSA) is 94.0 Å². The summed E-state index contributed by atoms with van der Waals surface area (Å²) in [5.41, 5.74) is 0.741. The van der Waals surface area contributed by atoms with Crippen LogP contribution < -0.4 is 10.6 Å². The fourth-order valence-corrected chi connectivity index (χ4v) is 2.72. The maximum atomic E-state index is 11.5. The highest BCUT2D eigenvalue weighted by atomic mass is 35.5. The second kappa shape index (κ2) is 10.4. The number of carbonyl (C=O) groups is 1. The molecule has 0 spiro atoms. The Morgan fingerprint density at radius 1 is 1.40 bits per heavy atom. The van der Waals surface area contributed by atoms with Gasteiger partial charge in [0.25, 0.3) is 0 Å². The third-order valence-electron chi connectivity index (χ3n) is 3.37. The van der Waals surface area contributed by atoms with Gasteiger partial charge in [-0.3, -0.25) is 4.79 Å². The molecule has 10 heteroatoms. The standard InChI is InChI=1S/C15H23ClN6O2S/c1-3-24-9-7-18-13-11-10-19-22(8-6-17-12(23)4-5-16)14(11)21-15(20-13)25-2/h10H,3-9H2,1-2H3,(H,17,23)(H,18,20,21). The van der Waals surface area contributed by atoms with Gasteiger partial charge >= 0.3 is 0 Å². The number of thioether (sulfide) groups is 1. The third kappa shape index (κ3) is 5.72. The number of ether oxygens (including phenoxy) is 1. The molecule has 1 amide bonds. The van der Waals surface area contributed by atoms with E-state index in [4.69, 9.17) is 16.3 Å². The molecular weight excluding hydrogens is 364 g/mol. The minimum absolute atomic E-state index is 0.0656.